The number of benzene rings is 2. The molecule has 0 saturated heterocycles. The Kier molecular flexibility index (Phi) is 5.62. The molecule has 24 heavy (non-hydrogen) atoms. The van der Waals surface area contributed by atoms with Crippen LogP contribution in [0.3, 0.4) is 0 Å². The molecule has 0 fully saturated rings. The van der Waals surface area contributed by atoms with Gasteiger partial charge in [0.15, 0.2) is 6.23 Å². The van der Waals surface area contributed by atoms with E-state index in [-0.39, 0.29) is 12.1 Å². The number of hydrazone groups is 1. The van der Waals surface area contributed by atoms with Crippen LogP contribution in [0.15, 0.2) is 65.8 Å². The predicted octanol–water partition coefficient (Wildman–Crippen LogP) is 3.91. The first-order valence-corrected chi connectivity index (χ1v) is 8.52. The minimum absolute atomic E-state index is 0.164. The molecule has 1 aliphatic rings. The number of nitrogens with zero attached hydrogens (tertiary/aromatic N) is 2. The molecule has 2 aromatic rings. The van der Waals surface area contributed by atoms with Gasteiger partial charge in [-0.25, -0.2) is 5.01 Å². The van der Waals surface area contributed by atoms with E-state index in [4.69, 9.17) is 16.3 Å². The molecular weight excluding hydrogens is 324 g/mol. The summed E-state index contributed by atoms with van der Waals surface area (Å²) in [5.74, 6) is 0.224. The number of carbonyl (C=O) groups excluding carboxylic acids is 1. The third-order valence-electron chi connectivity index (χ3n) is 3.85. The van der Waals surface area contributed by atoms with Crippen molar-refractivity contribution in [2.45, 2.75) is 19.1 Å². The van der Waals surface area contributed by atoms with E-state index in [1.807, 2.05) is 48.5 Å². The molecule has 0 bridgehead atoms. The van der Waals surface area contributed by atoms with Crippen molar-refractivity contribution < 1.29 is 9.53 Å². The van der Waals surface area contributed by atoms with E-state index in [0.29, 0.717) is 24.5 Å². The first-order valence-electron chi connectivity index (χ1n) is 7.98. The lowest BCUT2D eigenvalue weighted by atomic mass is 10.0. The van der Waals surface area contributed by atoms with E-state index in [0.717, 1.165) is 17.7 Å². The van der Waals surface area contributed by atoms with Crippen LogP contribution in [0, 0.1) is 0 Å². The van der Waals surface area contributed by atoms with Gasteiger partial charge in [-0.1, -0.05) is 48.5 Å². The molecule has 1 heterocycles. The number of alkyl halides is 1. The molecule has 1 atom stereocenters. The van der Waals surface area contributed by atoms with E-state index in [9.17, 15) is 4.79 Å². The number of ether oxygens (including phenoxy) is 1. The molecule has 0 spiro atoms. The Bertz CT molecular complexity index is 704. The Morgan fingerprint density at radius 3 is 2.46 bits per heavy atom. The second-order valence-corrected chi connectivity index (χ2v) is 5.86. The van der Waals surface area contributed by atoms with Crippen molar-refractivity contribution in [1.82, 2.24) is 5.01 Å². The van der Waals surface area contributed by atoms with Crippen molar-refractivity contribution in [3.63, 3.8) is 0 Å². The highest BCUT2D eigenvalue weighted by Crippen LogP contribution is 2.22. The van der Waals surface area contributed by atoms with Crippen molar-refractivity contribution in [2.24, 2.45) is 5.10 Å². The van der Waals surface area contributed by atoms with Gasteiger partial charge in [0.25, 0.3) is 5.91 Å². The van der Waals surface area contributed by atoms with Gasteiger partial charge < -0.3 is 4.74 Å². The Balaban J connectivity index is 1.90. The van der Waals surface area contributed by atoms with Crippen LogP contribution in [0.2, 0.25) is 0 Å². The zero-order chi connectivity index (χ0) is 16.8. The van der Waals surface area contributed by atoms with Gasteiger partial charge in [0.1, 0.15) is 0 Å². The minimum atomic E-state index is -0.385. The molecule has 0 N–H and O–H groups in total. The van der Waals surface area contributed by atoms with E-state index in [2.05, 4.69) is 5.10 Å². The van der Waals surface area contributed by atoms with E-state index in [1.165, 1.54) is 5.01 Å². The topological polar surface area (TPSA) is 41.9 Å². The Morgan fingerprint density at radius 1 is 1.12 bits per heavy atom. The van der Waals surface area contributed by atoms with Crippen LogP contribution in [0.4, 0.5) is 0 Å². The molecule has 1 amide bonds. The molecule has 5 heteroatoms. The average molecular weight is 343 g/mol. The summed E-state index contributed by atoms with van der Waals surface area (Å²) >= 11 is 5.73. The number of carbonyl (C=O) groups is 1. The highest BCUT2D eigenvalue weighted by molar-refractivity contribution is 6.18. The molecular formula is C19H19ClN2O2. The smallest absolute Gasteiger partial charge is 0.276 e. The molecule has 0 unspecified atom stereocenters. The van der Waals surface area contributed by atoms with Gasteiger partial charge in [-0.05, 0) is 30.5 Å². The Labute approximate surface area is 146 Å². The fourth-order valence-electron chi connectivity index (χ4n) is 2.68. The number of hydrogen-bond acceptors (Lipinski definition) is 3. The highest BCUT2D eigenvalue weighted by atomic mass is 35.5. The number of hydrogen-bond donors (Lipinski definition) is 0. The van der Waals surface area contributed by atoms with Gasteiger partial charge in [-0.3, -0.25) is 4.79 Å². The summed E-state index contributed by atoms with van der Waals surface area (Å²) in [5.41, 5.74) is 2.51. The van der Waals surface area contributed by atoms with Crippen LogP contribution in [0.25, 0.3) is 0 Å². The number of rotatable bonds is 5. The van der Waals surface area contributed by atoms with Crippen molar-refractivity contribution in [1.29, 1.82) is 0 Å². The Morgan fingerprint density at radius 2 is 1.79 bits per heavy atom. The third kappa shape index (κ3) is 3.83. The van der Waals surface area contributed by atoms with E-state index in [1.54, 1.807) is 12.1 Å². The molecule has 0 radical (unpaired) electrons. The van der Waals surface area contributed by atoms with Crippen molar-refractivity contribution >= 4 is 23.2 Å². The van der Waals surface area contributed by atoms with E-state index >= 15 is 0 Å². The number of halogens is 1. The predicted molar refractivity (Wildman–Crippen MR) is 95.3 cm³/mol. The summed E-state index contributed by atoms with van der Waals surface area (Å²) in [4.78, 5) is 12.9. The fraction of sp³-hybridized carbons (Fsp3) is 0.263. The van der Waals surface area contributed by atoms with Gasteiger partial charge >= 0.3 is 0 Å². The van der Waals surface area contributed by atoms with Crippen LogP contribution < -0.4 is 0 Å². The normalized spacial score (nSPS) is 17.5. The molecule has 0 aliphatic carbocycles. The zero-order valence-corrected chi connectivity index (χ0v) is 14.0. The molecule has 0 saturated carbocycles. The van der Waals surface area contributed by atoms with Crippen LogP contribution in [-0.2, 0) is 4.74 Å². The maximum absolute atomic E-state index is 12.9. The third-order valence-corrected chi connectivity index (χ3v) is 4.01. The first kappa shape index (κ1) is 16.7. The van der Waals surface area contributed by atoms with Crippen LogP contribution >= 0.6 is 11.6 Å². The van der Waals surface area contributed by atoms with Crippen LogP contribution in [0.1, 0.15) is 28.8 Å². The summed E-state index contributed by atoms with van der Waals surface area (Å²) < 4.78 is 5.74. The molecule has 3 rings (SSSR count). The first-order chi connectivity index (χ1) is 11.8. The van der Waals surface area contributed by atoms with Crippen molar-refractivity contribution in [3.8, 4) is 0 Å². The van der Waals surface area contributed by atoms with Gasteiger partial charge in [0, 0.05) is 11.4 Å². The molecule has 124 valence electrons. The Hall–Kier alpha value is -2.17. The highest BCUT2D eigenvalue weighted by Gasteiger charge is 2.30. The van der Waals surface area contributed by atoms with Crippen molar-refractivity contribution in [2.75, 3.05) is 12.5 Å². The van der Waals surface area contributed by atoms with Crippen molar-refractivity contribution in [3.05, 3.63) is 71.8 Å². The minimum Gasteiger partial charge on any atom is -0.355 e. The van der Waals surface area contributed by atoms with Gasteiger partial charge in [-0.2, -0.15) is 5.10 Å². The number of amides is 1. The lowest BCUT2D eigenvalue weighted by molar-refractivity contribution is -0.0469. The molecule has 1 aliphatic heterocycles. The second kappa shape index (κ2) is 8.08. The largest absolute Gasteiger partial charge is 0.355 e. The summed E-state index contributed by atoms with van der Waals surface area (Å²) in [5, 5.41) is 6.05. The zero-order valence-electron chi connectivity index (χ0n) is 13.3. The average Bonchev–Trinajstić information content (AvgIpc) is 2.67. The molecule has 4 nitrogen and oxygen atoms in total. The standard InChI is InChI=1S/C19H19ClN2O2/c20-13-14-24-18-12-11-17(15-7-3-1-4-8-15)21-22(18)19(23)16-9-5-2-6-10-16/h1-10,18H,11-14H2/t18-/m1/s1. The summed E-state index contributed by atoms with van der Waals surface area (Å²) in [6, 6.07) is 19.0. The van der Waals surface area contributed by atoms with E-state index < -0.39 is 0 Å². The maximum atomic E-state index is 12.9. The van der Waals surface area contributed by atoms with Crippen LogP contribution in [-0.4, -0.2) is 35.3 Å². The lowest BCUT2D eigenvalue weighted by Gasteiger charge is -2.32. The lowest BCUT2D eigenvalue weighted by Crippen LogP contribution is -2.42. The fourth-order valence-corrected chi connectivity index (χ4v) is 2.77. The molecule has 0 aromatic heterocycles. The SMILES string of the molecule is O=C(c1ccccc1)N1N=C(c2ccccc2)CC[C@H]1OCCCl. The van der Waals surface area contributed by atoms with Gasteiger partial charge in [-0.15, -0.1) is 11.6 Å². The summed E-state index contributed by atoms with van der Waals surface area (Å²) in [6.07, 6.45) is 1.07. The molecule has 2 aromatic carbocycles. The second-order valence-electron chi connectivity index (χ2n) is 5.48. The van der Waals surface area contributed by atoms with Gasteiger partial charge in [0.05, 0.1) is 12.3 Å². The quantitative estimate of drug-likeness (QED) is 0.773. The summed E-state index contributed by atoms with van der Waals surface area (Å²) in [6.45, 7) is 0.390. The maximum Gasteiger partial charge on any atom is 0.276 e. The van der Waals surface area contributed by atoms with Gasteiger partial charge in [0.2, 0.25) is 0 Å². The monoisotopic (exact) mass is 342 g/mol. The van der Waals surface area contributed by atoms with Crippen LogP contribution in [0.5, 0.6) is 0 Å². The summed E-state index contributed by atoms with van der Waals surface area (Å²) in [7, 11) is 0.